The van der Waals surface area contributed by atoms with E-state index in [9.17, 15) is 8.42 Å². The maximum Gasteiger partial charge on any atom is 0.214 e. The Labute approximate surface area is 135 Å². The predicted octanol–water partition coefficient (Wildman–Crippen LogP) is 2.60. The SMILES string of the molecule is O=S1(=O)CCCN1C1CCN(Cc2c(Cl)cccc2Cl)C1. The van der Waals surface area contributed by atoms with Crippen LogP contribution >= 0.6 is 23.2 Å². The Hall–Kier alpha value is -0.330. The highest BCUT2D eigenvalue weighted by molar-refractivity contribution is 7.89. The molecule has 3 rings (SSSR count). The van der Waals surface area contributed by atoms with Gasteiger partial charge >= 0.3 is 0 Å². The van der Waals surface area contributed by atoms with E-state index >= 15 is 0 Å². The molecule has 2 aliphatic rings. The molecule has 0 aliphatic carbocycles. The molecule has 1 atom stereocenters. The van der Waals surface area contributed by atoms with E-state index in [1.54, 1.807) is 4.31 Å². The van der Waals surface area contributed by atoms with Crippen LogP contribution in [0.4, 0.5) is 0 Å². The molecule has 1 unspecified atom stereocenters. The van der Waals surface area contributed by atoms with Crippen LogP contribution < -0.4 is 0 Å². The molecule has 0 N–H and O–H groups in total. The lowest BCUT2D eigenvalue weighted by atomic mass is 10.2. The first kappa shape index (κ1) is 15.6. The van der Waals surface area contributed by atoms with Crippen molar-refractivity contribution < 1.29 is 8.42 Å². The smallest absolute Gasteiger partial charge is 0.214 e. The van der Waals surface area contributed by atoms with Gasteiger partial charge in [-0.15, -0.1) is 0 Å². The third-order valence-electron chi connectivity index (χ3n) is 4.24. The molecule has 2 aliphatic heterocycles. The highest BCUT2D eigenvalue weighted by Crippen LogP contribution is 2.29. The van der Waals surface area contributed by atoms with E-state index in [-0.39, 0.29) is 6.04 Å². The molecular formula is C14H18Cl2N2O2S. The van der Waals surface area contributed by atoms with Crippen LogP contribution in [0.3, 0.4) is 0 Å². The fourth-order valence-corrected chi connectivity index (χ4v) is 5.45. The third kappa shape index (κ3) is 3.22. The number of rotatable bonds is 3. The van der Waals surface area contributed by atoms with E-state index in [2.05, 4.69) is 4.90 Å². The summed E-state index contributed by atoms with van der Waals surface area (Å²) >= 11 is 12.4. The molecule has 1 aromatic carbocycles. The van der Waals surface area contributed by atoms with Gasteiger partial charge < -0.3 is 0 Å². The van der Waals surface area contributed by atoms with Crippen LogP contribution in [0.5, 0.6) is 0 Å². The predicted molar refractivity (Wildman–Crippen MR) is 85.3 cm³/mol. The maximum atomic E-state index is 12.0. The van der Waals surface area contributed by atoms with Crippen molar-refractivity contribution in [3.63, 3.8) is 0 Å². The highest BCUT2D eigenvalue weighted by atomic mass is 35.5. The molecule has 2 saturated heterocycles. The summed E-state index contributed by atoms with van der Waals surface area (Å²) in [7, 11) is -3.03. The first-order chi connectivity index (χ1) is 9.97. The number of benzene rings is 1. The molecule has 2 heterocycles. The monoisotopic (exact) mass is 348 g/mol. The lowest BCUT2D eigenvalue weighted by Gasteiger charge is -2.23. The molecule has 7 heteroatoms. The first-order valence-electron chi connectivity index (χ1n) is 7.12. The van der Waals surface area contributed by atoms with Crippen molar-refractivity contribution in [2.45, 2.75) is 25.4 Å². The largest absolute Gasteiger partial charge is 0.297 e. The molecule has 0 spiro atoms. The molecule has 0 bridgehead atoms. The fourth-order valence-electron chi connectivity index (χ4n) is 3.17. The van der Waals surface area contributed by atoms with Crippen LogP contribution in [0.1, 0.15) is 18.4 Å². The van der Waals surface area contributed by atoms with Crippen molar-refractivity contribution in [2.24, 2.45) is 0 Å². The van der Waals surface area contributed by atoms with E-state index in [4.69, 9.17) is 23.2 Å². The van der Waals surface area contributed by atoms with Gasteiger partial charge in [0.05, 0.1) is 5.75 Å². The van der Waals surface area contributed by atoms with Gasteiger partial charge in [-0.3, -0.25) is 4.90 Å². The molecule has 0 radical (unpaired) electrons. The van der Waals surface area contributed by atoms with Crippen LogP contribution in [0, 0.1) is 0 Å². The van der Waals surface area contributed by atoms with Crippen molar-refractivity contribution in [1.82, 2.24) is 9.21 Å². The zero-order valence-corrected chi connectivity index (χ0v) is 14.0. The van der Waals surface area contributed by atoms with Gasteiger partial charge in [0.1, 0.15) is 0 Å². The molecule has 21 heavy (non-hydrogen) atoms. The zero-order chi connectivity index (χ0) is 15.0. The normalized spacial score (nSPS) is 26.5. The lowest BCUT2D eigenvalue weighted by molar-refractivity contribution is 0.289. The Morgan fingerprint density at radius 1 is 1.19 bits per heavy atom. The molecule has 0 aromatic heterocycles. The van der Waals surface area contributed by atoms with Crippen LogP contribution in [0.15, 0.2) is 18.2 Å². The molecule has 4 nitrogen and oxygen atoms in total. The maximum absolute atomic E-state index is 12.0. The molecule has 0 saturated carbocycles. The first-order valence-corrected chi connectivity index (χ1v) is 9.48. The van der Waals surface area contributed by atoms with Gasteiger partial charge in [0.2, 0.25) is 10.0 Å². The number of nitrogens with zero attached hydrogens (tertiary/aromatic N) is 2. The second-order valence-electron chi connectivity index (χ2n) is 5.66. The van der Waals surface area contributed by atoms with E-state index in [0.29, 0.717) is 28.9 Å². The zero-order valence-electron chi connectivity index (χ0n) is 11.6. The average Bonchev–Trinajstić information content (AvgIpc) is 3.00. The van der Waals surface area contributed by atoms with Crippen molar-refractivity contribution in [3.8, 4) is 0 Å². The summed E-state index contributed by atoms with van der Waals surface area (Å²) < 4.78 is 25.7. The summed E-state index contributed by atoms with van der Waals surface area (Å²) in [5.41, 5.74) is 0.922. The summed E-state index contributed by atoms with van der Waals surface area (Å²) in [5, 5.41) is 1.33. The second-order valence-corrected chi connectivity index (χ2v) is 8.51. The van der Waals surface area contributed by atoms with Crippen molar-refractivity contribution in [3.05, 3.63) is 33.8 Å². The summed E-state index contributed by atoms with van der Waals surface area (Å²) in [4.78, 5) is 2.23. The van der Waals surface area contributed by atoms with E-state index in [1.807, 2.05) is 18.2 Å². The standard InChI is InChI=1S/C14H18Cl2N2O2S/c15-13-3-1-4-14(16)12(13)10-17-7-5-11(9-17)18-6-2-8-21(18,19)20/h1,3-4,11H,2,5-10H2. The second kappa shape index (κ2) is 6.05. The summed E-state index contributed by atoms with van der Waals surface area (Å²) in [5.74, 6) is 0.292. The fraction of sp³-hybridized carbons (Fsp3) is 0.571. The number of halogens is 2. The van der Waals surface area contributed by atoms with E-state index in [0.717, 1.165) is 31.5 Å². The summed E-state index contributed by atoms with van der Waals surface area (Å²) in [6.07, 6.45) is 1.62. The minimum Gasteiger partial charge on any atom is -0.297 e. The summed E-state index contributed by atoms with van der Waals surface area (Å²) in [6.45, 7) is 2.95. The van der Waals surface area contributed by atoms with E-state index in [1.165, 1.54) is 0 Å². The van der Waals surface area contributed by atoms with Gasteiger partial charge in [-0.25, -0.2) is 8.42 Å². The van der Waals surface area contributed by atoms with Crippen LogP contribution in [0.25, 0.3) is 0 Å². The van der Waals surface area contributed by atoms with Gasteiger partial charge in [-0.2, -0.15) is 4.31 Å². The number of hydrogen-bond donors (Lipinski definition) is 0. The summed E-state index contributed by atoms with van der Waals surface area (Å²) in [6, 6.07) is 5.60. The number of sulfonamides is 1. The van der Waals surface area contributed by atoms with E-state index < -0.39 is 10.0 Å². The van der Waals surface area contributed by atoms with Crippen LogP contribution in [-0.4, -0.2) is 49.1 Å². The highest BCUT2D eigenvalue weighted by Gasteiger charge is 2.37. The quantitative estimate of drug-likeness (QED) is 0.842. The van der Waals surface area contributed by atoms with Gasteiger partial charge in [0, 0.05) is 47.8 Å². The number of hydrogen-bond acceptors (Lipinski definition) is 3. The molecular weight excluding hydrogens is 331 g/mol. The minimum atomic E-state index is -3.03. The van der Waals surface area contributed by atoms with Gasteiger partial charge in [0.15, 0.2) is 0 Å². The van der Waals surface area contributed by atoms with Gasteiger partial charge in [-0.1, -0.05) is 29.3 Å². The molecule has 116 valence electrons. The molecule has 1 aromatic rings. The Balaban J connectivity index is 1.68. The van der Waals surface area contributed by atoms with Gasteiger partial charge in [-0.05, 0) is 25.0 Å². The molecule has 2 fully saturated rings. The minimum absolute atomic E-state index is 0.0961. The Bertz CT molecular complexity index is 616. The Kier molecular flexibility index (Phi) is 4.48. The number of likely N-dealkylation sites (tertiary alicyclic amines) is 1. The van der Waals surface area contributed by atoms with Crippen molar-refractivity contribution >= 4 is 33.2 Å². The Morgan fingerprint density at radius 3 is 2.52 bits per heavy atom. The third-order valence-corrected chi connectivity index (χ3v) is 6.94. The van der Waals surface area contributed by atoms with Crippen molar-refractivity contribution in [1.29, 1.82) is 0 Å². The molecule has 0 amide bonds. The topological polar surface area (TPSA) is 40.6 Å². The Morgan fingerprint density at radius 2 is 1.90 bits per heavy atom. The average molecular weight is 349 g/mol. The van der Waals surface area contributed by atoms with Crippen LogP contribution in [-0.2, 0) is 16.6 Å². The van der Waals surface area contributed by atoms with Crippen molar-refractivity contribution in [2.75, 3.05) is 25.4 Å². The van der Waals surface area contributed by atoms with Crippen LogP contribution in [0.2, 0.25) is 10.0 Å². The lowest BCUT2D eigenvalue weighted by Crippen LogP contribution is -2.38. The van der Waals surface area contributed by atoms with Gasteiger partial charge in [0.25, 0.3) is 0 Å².